The molecule has 0 aliphatic carbocycles. The molecule has 0 aromatic rings. The molecule has 0 aliphatic rings. The lowest BCUT2D eigenvalue weighted by Crippen LogP contribution is -2.32. The van der Waals surface area contributed by atoms with Gasteiger partial charge < -0.3 is 15.2 Å². The summed E-state index contributed by atoms with van der Waals surface area (Å²) in [6.45, 7) is 8.91. The largest absolute Gasteiger partial charge is 0.394 e. The second-order valence-corrected chi connectivity index (χ2v) is 3.68. The summed E-state index contributed by atoms with van der Waals surface area (Å²) in [5, 5.41) is 11.9. The Kier molecular flexibility index (Phi) is 8.40. The minimum absolute atomic E-state index is 0.121. The Hall–Kier alpha value is -0.120. The van der Waals surface area contributed by atoms with Crippen molar-refractivity contribution in [1.82, 2.24) is 5.32 Å². The van der Waals surface area contributed by atoms with Crippen LogP contribution in [0.4, 0.5) is 0 Å². The van der Waals surface area contributed by atoms with E-state index in [4.69, 9.17) is 9.84 Å². The Bertz CT molecular complexity index is 107. The lowest BCUT2D eigenvalue weighted by molar-refractivity contribution is 0.0902. The molecular weight excluding hydrogens is 166 g/mol. The predicted molar refractivity (Wildman–Crippen MR) is 54.8 cm³/mol. The lowest BCUT2D eigenvalue weighted by Gasteiger charge is -2.17. The van der Waals surface area contributed by atoms with Crippen molar-refractivity contribution >= 4 is 0 Å². The maximum absolute atomic E-state index is 8.44. The van der Waals surface area contributed by atoms with Gasteiger partial charge in [0.15, 0.2) is 0 Å². The molecule has 2 N–H and O–H groups in total. The second-order valence-electron chi connectivity index (χ2n) is 3.68. The number of rotatable bonds is 8. The molecule has 0 saturated heterocycles. The molecule has 80 valence electrons. The third kappa shape index (κ3) is 8.22. The van der Waals surface area contributed by atoms with E-state index in [9.17, 15) is 0 Å². The smallest absolute Gasteiger partial charge is 0.0697 e. The minimum atomic E-state index is 0.121. The fraction of sp³-hybridized carbons (Fsp3) is 1.00. The highest BCUT2D eigenvalue weighted by atomic mass is 16.5. The van der Waals surface area contributed by atoms with Crippen LogP contribution < -0.4 is 5.32 Å². The topological polar surface area (TPSA) is 41.5 Å². The van der Waals surface area contributed by atoms with Crippen molar-refractivity contribution in [2.75, 3.05) is 26.4 Å². The summed E-state index contributed by atoms with van der Waals surface area (Å²) in [5.41, 5.74) is 0. The molecule has 3 heteroatoms. The molecule has 0 radical (unpaired) electrons. The molecular formula is C10H23NO2. The van der Waals surface area contributed by atoms with Gasteiger partial charge in [0.2, 0.25) is 0 Å². The maximum atomic E-state index is 8.44. The molecule has 0 heterocycles. The van der Waals surface area contributed by atoms with Gasteiger partial charge in [-0.3, -0.25) is 0 Å². The number of aliphatic hydroxyl groups excluding tert-OH is 1. The van der Waals surface area contributed by atoms with Crippen molar-refractivity contribution in [2.45, 2.75) is 33.2 Å². The summed E-state index contributed by atoms with van der Waals surface area (Å²) in [4.78, 5) is 0. The standard InChI is InChI=1S/C10H23NO2/c1-9(2)10(3)11-5-4-7-13-8-6-12/h9-12H,4-8H2,1-3H3. The van der Waals surface area contributed by atoms with Crippen LogP contribution in [0.25, 0.3) is 0 Å². The third-order valence-corrected chi connectivity index (χ3v) is 2.17. The number of aliphatic hydroxyl groups is 1. The molecule has 0 rings (SSSR count). The first-order chi connectivity index (χ1) is 6.18. The van der Waals surface area contributed by atoms with E-state index >= 15 is 0 Å². The van der Waals surface area contributed by atoms with E-state index in [1.807, 2.05) is 0 Å². The summed E-state index contributed by atoms with van der Waals surface area (Å²) < 4.78 is 5.14. The molecule has 1 atom stereocenters. The zero-order valence-electron chi connectivity index (χ0n) is 9.05. The summed E-state index contributed by atoms with van der Waals surface area (Å²) in [7, 11) is 0. The van der Waals surface area contributed by atoms with Crippen molar-refractivity contribution in [1.29, 1.82) is 0 Å². The van der Waals surface area contributed by atoms with Gasteiger partial charge in [-0.25, -0.2) is 0 Å². The van der Waals surface area contributed by atoms with Crippen LogP contribution in [0.1, 0.15) is 27.2 Å². The highest BCUT2D eigenvalue weighted by molar-refractivity contribution is 4.63. The van der Waals surface area contributed by atoms with E-state index in [0.717, 1.165) is 19.6 Å². The van der Waals surface area contributed by atoms with Gasteiger partial charge in [-0.05, 0) is 25.8 Å². The molecule has 0 aliphatic heterocycles. The molecule has 13 heavy (non-hydrogen) atoms. The van der Waals surface area contributed by atoms with Crippen LogP contribution in [0.5, 0.6) is 0 Å². The summed E-state index contributed by atoms with van der Waals surface area (Å²) in [6, 6.07) is 0.567. The second kappa shape index (κ2) is 8.48. The molecule has 0 aromatic heterocycles. The van der Waals surface area contributed by atoms with E-state index in [0.29, 0.717) is 18.6 Å². The first-order valence-electron chi connectivity index (χ1n) is 5.10. The molecule has 0 spiro atoms. The number of ether oxygens (including phenoxy) is 1. The van der Waals surface area contributed by atoms with Gasteiger partial charge in [0.1, 0.15) is 0 Å². The van der Waals surface area contributed by atoms with Crippen LogP contribution in [0, 0.1) is 5.92 Å². The molecule has 1 unspecified atom stereocenters. The normalized spacial score (nSPS) is 13.6. The average Bonchev–Trinajstić information content (AvgIpc) is 2.10. The Morgan fingerprint density at radius 1 is 1.23 bits per heavy atom. The van der Waals surface area contributed by atoms with Crippen molar-refractivity contribution in [3.63, 3.8) is 0 Å². The van der Waals surface area contributed by atoms with Crippen molar-refractivity contribution in [2.24, 2.45) is 5.92 Å². The SMILES string of the molecule is CC(C)C(C)NCCCOCCO. The van der Waals surface area contributed by atoms with E-state index in [1.54, 1.807) is 0 Å². The molecule has 3 nitrogen and oxygen atoms in total. The first-order valence-corrected chi connectivity index (χ1v) is 5.10. The van der Waals surface area contributed by atoms with Gasteiger partial charge in [0.25, 0.3) is 0 Å². The van der Waals surface area contributed by atoms with Crippen LogP contribution in [-0.4, -0.2) is 37.5 Å². The van der Waals surface area contributed by atoms with Crippen LogP contribution >= 0.6 is 0 Å². The van der Waals surface area contributed by atoms with Gasteiger partial charge in [-0.2, -0.15) is 0 Å². The fourth-order valence-corrected chi connectivity index (χ4v) is 0.906. The van der Waals surface area contributed by atoms with Crippen molar-refractivity contribution in [3.8, 4) is 0 Å². The van der Waals surface area contributed by atoms with E-state index < -0.39 is 0 Å². The van der Waals surface area contributed by atoms with Crippen LogP contribution in [0.15, 0.2) is 0 Å². The van der Waals surface area contributed by atoms with Crippen LogP contribution in [0.2, 0.25) is 0 Å². The first kappa shape index (κ1) is 12.9. The highest BCUT2D eigenvalue weighted by Gasteiger charge is 2.04. The fourth-order valence-electron chi connectivity index (χ4n) is 0.906. The highest BCUT2D eigenvalue weighted by Crippen LogP contribution is 1.99. The van der Waals surface area contributed by atoms with Gasteiger partial charge in [0, 0.05) is 12.6 Å². The Morgan fingerprint density at radius 3 is 2.46 bits per heavy atom. The van der Waals surface area contributed by atoms with Gasteiger partial charge in [-0.15, -0.1) is 0 Å². The molecule has 0 bridgehead atoms. The zero-order chi connectivity index (χ0) is 10.1. The molecule has 0 saturated carbocycles. The van der Waals surface area contributed by atoms with E-state index in [2.05, 4.69) is 26.1 Å². The summed E-state index contributed by atoms with van der Waals surface area (Å²) in [5.74, 6) is 0.679. The monoisotopic (exact) mass is 189 g/mol. The van der Waals surface area contributed by atoms with Gasteiger partial charge in [-0.1, -0.05) is 13.8 Å². The quantitative estimate of drug-likeness (QED) is 0.560. The predicted octanol–water partition coefficient (Wildman–Crippen LogP) is 1.02. The van der Waals surface area contributed by atoms with Gasteiger partial charge in [0.05, 0.1) is 13.2 Å². The molecule has 0 amide bonds. The van der Waals surface area contributed by atoms with Crippen LogP contribution in [-0.2, 0) is 4.74 Å². The van der Waals surface area contributed by atoms with Gasteiger partial charge >= 0.3 is 0 Å². The Morgan fingerprint density at radius 2 is 1.92 bits per heavy atom. The number of nitrogens with one attached hydrogen (secondary N) is 1. The van der Waals surface area contributed by atoms with Crippen molar-refractivity contribution in [3.05, 3.63) is 0 Å². The summed E-state index contributed by atoms with van der Waals surface area (Å²) >= 11 is 0. The third-order valence-electron chi connectivity index (χ3n) is 2.17. The lowest BCUT2D eigenvalue weighted by atomic mass is 10.1. The minimum Gasteiger partial charge on any atom is -0.394 e. The number of hydrogen-bond acceptors (Lipinski definition) is 3. The average molecular weight is 189 g/mol. The zero-order valence-corrected chi connectivity index (χ0v) is 9.05. The van der Waals surface area contributed by atoms with E-state index in [1.165, 1.54) is 0 Å². The Labute approximate surface area is 81.5 Å². The molecule has 0 aromatic carbocycles. The summed E-state index contributed by atoms with van der Waals surface area (Å²) in [6.07, 6.45) is 1.01. The van der Waals surface area contributed by atoms with Crippen molar-refractivity contribution < 1.29 is 9.84 Å². The Balaban J connectivity index is 3.07. The molecule has 0 fully saturated rings. The van der Waals surface area contributed by atoms with E-state index in [-0.39, 0.29) is 6.61 Å². The maximum Gasteiger partial charge on any atom is 0.0697 e. The van der Waals surface area contributed by atoms with Crippen LogP contribution in [0.3, 0.4) is 0 Å². The number of hydrogen-bond donors (Lipinski definition) is 2.